The Morgan fingerprint density at radius 2 is 1.71 bits per heavy atom. The van der Waals surface area contributed by atoms with Gasteiger partial charge in [-0.3, -0.25) is 9.80 Å². The number of amides is 1. The van der Waals surface area contributed by atoms with Crippen molar-refractivity contribution in [2.75, 3.05) is 45.8 Å². The van der Waals surface area contributed by atoms with E-state index in [0.29, 0.717) is 31.7 Å². The summed E-state index contributed by atoms with van der Waals surface area (Å²) in [5.74, 6) is -0.408. The normalized spacial score (nSPS) is 21.1. The topological polar surface area (TPSA) is 78.8 Å². The number of hydrogen-bond donors (Lipinski definition) is 1. The minimum atomic E-state index is -4.23. The fraction of sp³-hybridized carbons (Fsp3) is 0.564. The lowest BCUT2D eigenvalue weighted by Gasteiger charge is -2.39. The number of piperazine rings is 1. The van der Waals surface area contributed by atoms with Crippen molar-refractivity contribution in [1.82, 2.24) is 24.4 Å². The molecule has 5 rings (SSSR count). The summed E-state index contributed by atoms with van der Waals surface area (Å²) in [4.78, 5) is 31.8. The molecule has 3 aliphatic rings. The number of likely N-dealkylation sites (tertiary alicyclic amines) is 1. The summed E-state index contributed by atoms with van der Waals surface area (Å²) in [6, 6.07) is 3.81. The van der Waals surface area contributed by atoms with Crippen LogP contribution in [0.4, 0.5) is 18.0 Å². The molecule has 1 N–H and O–H groups in total. The minimum Gasteiger partial charge on any atom is -0.459 e. The molecule has 1 amide bonds. The molecule has 2 aromatic heterocycles. The van der Waals surface area contributed by atoms with Gasteiger partial charge >= 0.3 is 18.2 Å². The Bertz CT molecular complexity index is 1710. The fourth-order valence-corrected chi connectivity index (χ4v) is 7.15. The van der Waals surface area contributed by atoms with Crippen LogP contribution in [0.3, 0.4) is 0 Å². The third-order valence-corrected chi connectivity index (χ3v) is 9.63. The maximum atomic E-state index is 13.5. The van der Waals surface area contributed by atoms with Crippen molar-refractivity contribution in [3.05, 3.63) is 76.4 Å². The number of aromatic nitrogens is 1. The molecule has 51 heavy (non-hydrogen) atoms. The highest BCUT2D eigenvalue weighted by atomic mass is 19.4. The Labute approximate surface area is 299 Å². The molecule has 0 saturated carbocycles. The molecular formula is C39H52F3N5O4. The number of allylic oxidation sites excluding steroid dienone is 4. The third-order valence-electron chi connectivity index (χ3n) is 9.63. The summed E-state index contributed by atoms with van der Waals surface area (Å²) < 4.78 is 52.4. The second-order valence-electron chi connectivity index (χ2n) is 15.0. The molecule has 2 saturated heterocycles. The molecule has 2 aliphatic heterocycles. The van der Waals surface area contributed by atoms with Gasteiger partial charge in [0.15, 0.2) is 0 Å². The third kappa shape index (κ3) is 9.87. The quantitative estimate of drug-likeness (QED) is 0.226. The van der Waals surface area contributed by atoms with Crippen molar-refractivity contribution >= 4 is 23.2 Å². The number of nitrogens with one attached hydrogen (secondary N) is 1. The summed E-state index contributed by atoms with van der Waals surface area (Å²) in [6.07, 6.45) is 7.63. The smallest absolute Gasteiger partial charge is 0.407 e. The zero-order valence-corrected chi connectivity index (χ0v) is 30.9. The molecule has 2 fully saturated rings. The van der Waals surface area contributed by atoms with E-state index in [9.17, 15) is 22.8 Å². The van der Waals surface area contributed by atoms with E-state index >= 15 is 0 Å². The Hall–Kier alpha value is -3.99. The molecule has 278 valence electrons. The largest absolute Gasteiger partial charge is 0.459 e. The standard InChI is InChI=1S/C39H52F3N5O4/c1-26(2)50-36(48)33-24-34-32(16-19-47(34)35(27(33)3)28(4)45-22-20-44(21-23-45)25-39(40,41)42)29-10-8-9-11-31(13-12-29)46-17-14-30(15-18-46)43-37(49)51-38(5,6)7/h9-10,12-13,16,19,24,26,28,30H,11,14-15,17-18,20-23,25H2,1-7H3,(H,43,49)/b29-12+,31-13+. The Kier molecular flexibility index (Phi) is 11.8. The van der Waals surface area contributed by atoms with E-state index in [2.05, 4.69) is 44.3 Å². The van der Waals surface area contributed by atoms with Gasteiger partial charge in [0, 0.05) is 80.9 Å². The maximum Gasteiger partial charge on any atom is 0.407 e. The lowest BCUT2D eigenvalue weighted by Crippen LogP contribution is -2.49. The highest BCUT2D eigenvalue weighted by molar-refractivity contribution is 5.95. The van der Waals surface area contributed by atoms with Crippen LogP contribution in [-0.2, 0) is 9.47 Å². The molecular weight excluding hydrogens is 659 g/mol. The number of nitrogens with zero attached hydrogens (tertiary/aromatic N) is 4. The first-order valence-electron chi connectivity index (χ1n) is 17.9. The number of rotatable bonds is 8. The van der Waals surface area contributed by atoms with Crippen LogP contribution < -0.4 is 5.32 Å². The number of hydrogen-bond acceptors (Lipinski definition) is 7. The van der Waals surface area contributed by atoms with Crippen LogP contribution in [0, 0.1) is 6.92 Å². The highest BCUT2D eigenvalue weighted by Crippen LogP contribution is 2.34. The molecule has 2 aromatic rings. The number of ether oxygens (including phenoxy) is 2. The zero-order valence-electron chi connectivity index (χ0n) is 30.9. The van der Waals surface area contributed by atoms with Gasteiger partial charge in [-0.15, -0.1) is 5.73 Å². The first-order valence-corrected chi connectivity index (χ1v) is 17.9. The van der Waals surface area contributed by atoms with Gasteiger partial charge in [-0.2, -0.15) is 13.2 Å². The number of alkyl carbamates (subject to hydrolysis) is 1. The lowest BCUT2D eigenvalue weighted by molar-refractivity contribution is -0.149. The van der Waals surface area contributed by atoms with Crippen molar-refractivity contribution in [1.29, 1.82) is 0 Å². The number of fused-ring (bicyclic) bond motifs is 1. The van der Waals surface area contributed by atoms with Crippen LogP contribution in [0.15, 0.2) is 54.1 Å². The summed E-state index contributed by atoms with van der Waals surface area (Å²) in [5, 5.41) is 3.01. The minimum absolute atomic E-state index is 0.0555. The molecule has 1 unspecified atom stereocenters. The van der Waals surface area contributed by atoms with Crippen LogP contribution in [0.5, 0.6) is 0 Å². The molecule has 1 aliphatic carbocycles. The molecule has 0 aromatic carbocycles. The van der Waals surface area contributed by atoms with Gasteiger partial charge in [0.1, 0.15) is 5.60 Å². The van der Waals surface area contributed by atoms with Crippen LogP contribution in [0.2, 0.25) is 0 Å². The van der Waals surface area contributed by atoms with E-state index in [1.165, 1.54) is 4.90 Å². The van der Waals surface area contributed by atoms with Crippen molar-refractivity contribution in [3.8, 4) is 0 Å². The highest BCUT2D eigenvalue weighted by Gasteiger charge is 2.34. The van der Waals surface area contributed by atoms with Gasteiger partial charge in [0.2, 0.25) is 0 Å². The molecule has 0 spiro atoms. The van der Waals surface area contributed by atoms with E-state index < -0.39 is 24.3 Å². The number of halogens is 3. The van der Waals surface area contributed by atoms with Crippen molar-refractivity contribution in [3.63, 3.8) is 0 Å². The van der Waals surface area contributed by atoms with E-state index in [4.69, 9.17) is 9.47 Å². The average molecular weight is 712 g/mol. The first kappa shape index (κ1) is 38.2. The molecule has 9 nitrogen and oxygen atoms in total. The molecule has 4 heterocycles. The zero-order chi connectivity index (χ0) is 37.1. The maximum absolute atomic E-state index is 13.5. The summed E-state index contributed by atoms with van der Waals surface area (Å²) >= 11 is 0. The van der Waals surface area contributed by atoms with Crippen LogP contribution in [-0.4, -0.2) is 101 Å². The van der Waals surface area contributed by atoms with Crippen molar-refractivity contribution < 1.29 is 32.2 Å². The van der Waals surface area contributed by atoms with Crippen molar-refractivity contribution in [2.24, 2.45) is 0 Å². The van der Waals surface area contributed by atoms with Gasteiger partial charge in [-0.05, 0) is 103 Å². The second kappa shape index (κ2) is 15.7. The molecule has 0 bridgehead atoms. The van der Waals surface area contributed by atoms with Gasteiger partial charge in [0.25, 0.3) is 0 Å². The average Bonchev–Trinajstić information content (AvgIpc) is 3.42. The summed E-state index contributed by atoms with van der Waals surface area (Å²) in [6.45, 7) is 15.4. The van der Waals surface area contributed by atoms with Crippen LogP contribution >= 0.6 is 0 Å². The second-order valence-corrected chi connectivity index (χ2v) is 15.0. The van der Waals surface area contributed by atoms with E-state index in [-0.39, 0.29) is 24.3 Å². The molecule has 1 atom stereocenters. The van der Waals surface area contributed by atoms with Gasteiger partial charge < -0.3 is 24.1 Å². The Morgan fingerprint density at radius 1 is 1.02 bits per heavy atom. The number of esters is 1. The van der Waals surface area contributed by atoms with E-state index in [0.717, 1.165) is 66.0 Å². The van der Waals surface area contributed by atoms with E-state index in [1.807, 2.05) is 72.0 Å². The molecule has 12 heteroatoms. The number of pyridine rings is 1. The number of carbonyl (C=O) groups is 2. The van der Waals surface area contributed by atoms with Gasteiger partial charge in [-0.1, -0.05) is 6.08 Å². The van der Waals surface area contributed by atoms with Crippen LogP contribution in [0.1, 0.15) is 94.0 Å². The predicted molar refractivity (Wildman–Crippen MR) is 192 cm³/mol. The number of alkyl halides is 3. The first-order chi connectivity index (χ1) is 24.0. The predicted octanol–water partition coefficient (Wildman–Crippen LogP) is 7.43. The SMILES string of the molecule is Cc1c(C(=O)OC(C)C)cc2c(/C3=C/C=C(/N4CCC(NC(=O)OC(C)(C)C)CC4)CC=C=C3)ccn2c1C(C)N1CCN(CC(F)(F)F)CC1. The summed E-state index contributed by atoms with van der Waals surface area (Å²) in [7, 11) is 0. The van der Waals surface area contributed by atoms with Crippen molar-refractivity contribution in [2.45, 2.75) is 97.7 Å². The lowest BCUT2D eigenvalue weighted by atomic mass is 9.98. The monoisotopic (exact) mass is 711 g/mol. The summed E-state index contributed by atoms with van der Waals surface area (Å²) in [5.41, 5.74) is 8.82. The Morgan fingerprint density at radius 3 is 2.33 bits per heavy atom. The van der Waals surface area contributed by atoms with E-state index in [1.54, 1.807) is 0 Å². The Balaban J connectivity index is 1.42. The number of carbonyl (C=O) groups excluding carboxylic acids is 2. The van der Waals surface area contributed by atoms with Gasteiger partial charge in [0.05, 0.1) is 23.7 Å². The molecule has 0 radical (unpaired) electrons. The van der Waals surface area contributed by atoms with Crippen LogP contribution in [0.25, 0.3) is 11.1 Å². The fourth-order valence-electron chi connectivity index (χ4n) is 7.15. The number of piperidine rings is 1. The van der Waals surface area contributed by atoms with Gasteiger partial charge in [-0.25, -0.2) is 9.59 Å².